The van der Waals surface area contributed by atoms with E-state index >= 15 is 0 Å². The third-order valence-corrected chi connectivity index (χ3v) is 3.64. The lowest BCUT2D eigenvalue weighted by molar-refractivity contribution is -0.148. The Morgan fingerprint density at radius 3 is 2.65 bits per heavy atom. The maximum absolute atomic E-state index is 12.5. The van der Waals surface area contributed by atoms with Crippen LogP contribution in [0.1, 0.15) is 26.7 Å². The van der Waals surface area contributed by atoms with E-state index in [1.807, 2.05) is 0 Å². The van der Waals surface area contributed by atoms with Crippen molar-refractivity contribution in [2.24, 2.45) is 0 Å². The molecule has 0 bridgehead atoms. The number of carbonyl (C=O) groups is 1. The van der Waals surface area contributed by atoms with E-state index in [1.165, 1.54) is 0 Å². The molecule has 1 aromatic carbocycles. The first-order valence-electron chi connectivity index (χ1n) is 6.80. The molecule has 5 heteroatoms. The van der Waals surface area contributed by atoms with Crippen molar-refractivity contribution in [2.75, 3.05) is 13.1 Å². The molecule has 1 amide bonds. The molecule has 1 atom stereocenters. The van der Waals surface area contributed by atoms with Gasteiger partial charge in [-0.05, 0) is 51.0 Å². The van der Waals surface area contributed by atoms with Gasteiger partial charge in [0.05, 0.1) is 6.10 Å². The molecular weight excluding hydrogens is 278 g/mol. The van der Waals surface area contributed by atoms with Gasteiger partial charge in [-0.15, -0.1) is 0 Å². The van der Waals surface area contributed by atoms with Crippen molar-refractivity contribution in [2.45, 2.75) is 38.4 Å². The highest BCUT2D eigenvalue weighted by atomic mass is 35.5. The fourth-order valence-corrected chi connectivity index (χ4v) is 2.49. The predicted octanol–water partition coefficient (Wildman–Crippen LogP) is 2.48. The minimum Gasteiger partial charge on any atom is -0.478 e. The van der Waals surface area contributed by atoms with Crippen LogP contribution in [0.3, 0.4) is 0 Å². The van der Waals surface area contributed by atoms with E-state index in [4.69, 9.17) is 16.3 Å². The quantitative estimate of drug-likeness (QED) is 0.932. The number of amides is 1. The van der Waals surface area contributed by atoms with Crippen molar-refractivity contribution < 1.29 is 14.6 Å². The molecule has 1 fully saturated rings. The zero-order chi connectivity index (χ0) is 14.8. The van der Waals surface area contributed by atoms with E-state index in [2.05, 4.69) is 0 Å². The van der Waals surface area contributed by atoms with Crippen LogP contribution in [-0.2, 0) is 4.79 Å². The molecule has 1 aliphatic rings. The van der Waals surface area contributed by atoms with E-state index in [0.717, 1.165) is 12.8 Å². The number of benzene rings is 1. The molecule has 1 aliphatic heterocycles. The number of aliphatic hydroxyl groups is 1. The number of rotatable bonds is 3. The van der Waals surface area contributed by atoms with Gasteiger partial charge in [-0.1, -0.05) is 11.6 Å². The van der Waals surface area contributed by atoms with Crippen molar-refractivity contribution in [1.29, 1.82) is 0 Å². The number of hydrogen-bond acceptors (Lipinski definition) is 3. The number of likely N-dealkylation sites (tertiary alicyclic amines) is 1. The minimum absolute atomic E-state index is 0.105. The van der Waals surface area contributed by atoms with Gasteiger partial charge in [0.1, 0.15) is 5.75 Å². The van der Waals surface area contributed by atoms with Gasteiger partial charge in [0.2, 0.25) is 0 Å². The zero-order valence-electron chi connectivity index (χ0n) is 11.8. The number of nitrogens with zero attached hydrogens (tertiary/aromatic N) is 1. The molecule has 1 heterocycles. The van der Waals surface area contributed by atoms with Gasteiger partial charge in [-0.25, -0.2) is 0 Å². The zero-order valence-corrected chi connectivity index (χ0v) is 12.6. The topological polar surface area (TPSA) is 49.8 Å². The summed E-state index contributed by atoms with van der Waals surface area (Å²) >= 11 is 5.82. The molecule has 0 saturated carbocycles. The molecule has 0 aromatic heterocycles. The fraction of sp³-hybridized carbons (Fsp3) is 0.533. The summed E-state index contributed by atoms with van der Waals surface area (Å²) in [5, 5.41) is 10.3. The van der Waals surface area contributed by atoms with Crippen molar-refractivity contribution in [3.8, 4) is 5.75 Å². The van der Waals surface area contributed by atoms with E-state index < -0.39 is 11.7 Å². The van der Waals surface area contributed by atoms with Crippen LogP contribution in [0.4, 0.5) is 0 Å². The molecule has 0 unspecified atom stereocenters. The summed E-state index contributed by atoms with van der Waals surface area (Å²) in [5.41, 5.74) is -0.967. The first-order chi connectivity index (χ1) is 9.38. The van der Waals surface area contributed by atoms with E-state index in [9.17, 15) is 9.90 Å². The summed E-state index contributed by atoms with van der Waals surface area (Å²) in [6, 6.07) is 6.93. The number of ether oxygens (including phenoxy) is 1. The van der Waals surface area contributed by atoms with E-state index in [-0.39, 0.29) is 5.91 Å². The van der Waals surface area contributed by atoms with Gasteiger partial charge in [0.25, 0.3) is 5.91 Å². The van der Waals surface area contributed by atoms with Crippen LogP contribution in [0, 0.1) is 0 Å². The maximum atomic E-state index is 12.5. The SMILES string of the molecule is CC(C)(Oc1ccc(Cl)cc1)C(=O)N1CCC[C@H](O)C1. The third kappa shape index (κ3) is 3.64. The molecule has 0 spiro atoms. The van der Waals surface area contributed by atoms with Crippen LogP contribution >= 0.6 is 11.6 Å². The molecule has 4 nitrogen and oxygen atoms in total. The van der Waals surface area contributed by atoms with Crippen molar-refractivity contribution in [3.63, 3.8) is 0 Å². The minimum atomic E-state index is -0.967. The number of halogens is 1. The third-order valence-electron chi connectivity index (χ3n) is 3.39. The van der Waals surface area contributed by atoms with Crippen LogP contribution in [0.15, 0.2) is 24.3 Å². The summed E-state index contributed by atoms with van der Waals surface area (Å²) in [6.07, 6.45) is 1.14. The molecule has 1 N–H and O–H groups in total. The summed E-state index contributed by atoms with van der Waals surface area (Å²) in [4.78, 5) is 14.2. The Balaban J connectivity index is 2.04. The Hall–Kier alpha value is -1.26. The lowest BCUT2D eigenvalue weighted by Gasteiger charge is -2.36. The normalized spacial score (nSPS) is 19.8. The smallest absolute Gasteiger partial charge is 0.266 e. The summed E-state index contributed by atoms with van der Waals surface area (Å²) in [5.74, 6) is 0.497. The Bertz CT molecular complexity index is 473. The lowest BCUT2D eigenvalue weighted by atomic mass is 10.0. The predicted molar refractivity (Wildman–Crippen MR) is 78.0 cm³/mol. The molecule has 2 rings (SSSR count). The Labute approximate surface area is 124 Å². The molecule has 1 saturated heterocycles. The summed E-state index contributed by atoms with van der Waals surface area (Å²) < 4.78 is 5.78. The molecule has 110 valence electrons. The Morgan fingerprint density at radius 1 is 1.40 bits per heavy atom. The Kier molecular flexibility index (Phi) is 4.55. The molecule has 1 aromatic rings. The van der Waals surface area contributed by atoms with Gasteiger partial charge in [0, 0.05) is 18.1 Å². The van der Waals surface area contributed by atoms with Crippen LogP contribution in [0.2, 0.25) is 5.02 Å². The van der Waals surface area contributed by atoms with Crippen LogP contribution in [0.25, 0.3) is 0 Å². The molecular formula is C15H20ClNO3. The first kappa shape index (κ1) is 15.1. The van der Waals surface area contributed by atoms with Crippen molar-refractivity contribution in [1.82, 2.24) is 4.90 Å². The maximum Gasteiger partial charge on any atom is 0.266 e. The second-order valence-electron chi connectivity index (χ2n) is 5.61. The number of carbonyl (C=O) groups excluding carboxylic acids is 1. The number of aliphatic hydroxyl groups excluding tert-OH is 1. The molecule has 0 aliphatic carbocycles. The van der Waals surface area contributed by atoms with Crippen molar-refractivity contribution >= 4 is 17.5 Å². The first-order valence-corrected chi connectivity index (χ1v) is 7.18. The van der Waals surface area contributed by atoms with Crippen LogP contribution in [-0.4, -0.2) is 40.7 Å². The van der Waals surface area contributed by atoms with Gasteiger partial charge in [-0.2, -0.15) is 0 Å². The number of hydrogen-bond donors (Lipinski definition) is 1. The fourth-order valence-electron chi connectivity index (χ4n) is 2.36. The average molecular weight is 298 g/mol. The van der Waals surface area contributed by atoms with E-state index in [0.29, 0.717) is 23.9 Å². The van der Waals surface area contributed by atoms with Crippen molar-refractivity contribution in [3.05, 3.63) is 29.3 Å². The number of piperidine rings is 1. The standard InChI is InChI=1S/C15H20ClNO3/c1-15(2,20-13-7-5-11(16)6-8-13)14(19)17-9-3-4-12(18)10-17/h5-8,12,18H,3-4,9-10H2,1-2H3/t12-/m0/s1. The average Bonchev–Trinajstić information content (AvgIpc) is 2.40. The largest absolute Gasteiger partial charge is 0.478 e. The van der Waals surface area contributed by atoms with Gasteiger partial charge in [-0.3, -0.25) is 4.79 Å². The number of β-amino-alcohol motifs (C(OH)–C–C–N with tert-alkyl or cyclic N) is 1. The van der Waals surface area contributed by atoms with Gasteiger partial charge >= 0.3 is 0 Å². The highest BCUT2D eigenvalue weighted by molar-refractivity contribution is 6.30. The second kappa shape index (κ2) is 6.02. The van der Waals surface area contributed by atoms with Crippen LogP contribution in [0.5, 0.6) is 5.75 Å². The van der Waals surface area contributed by atoms with Gasteiger partial charge < -0.3 is 14.7 Å². The monoisotopic (exact) mass is 297 g/mol. The van der Waals surface area contributed by atoms with Crippen LogP contribution < -0.4 is 4.74 Å². The highest BCUT2D eigenvalue weighted by Crippen LogP contribution is 2.23. The Morgan fingerprint density at radius 2 is 2.05 bits per heavy atom. The second-order valence-corrected chi connectivity index (χ2v) is 6.05. The lowest BCUT2D eigenvalue weighted by Crippen LogP contribution is -2.52. The molecule has 20 heavy (non-hydrogen) atoms. The van der Waals surface area contributed by atoms with Gasteiger partial charge in [0.15, 0.2) is 5.60 Å². The highest BCUT2D eigenvalue weighted by Gasteiger charge is 2.36. The summed E-state index contributed by atoms with van der Waals surface area (Å²) in [6.45, 7) is 4.53. The van der Waals surface area contributed by atoms with E-state index in [1.54, 1.807) is 43.0 Å². The summed E-state index contributed by atoms with van der Waals surface area (Å²) in [7, 11) is 0. The molecule has 0 radical (unpaired) electrons.